The lowest BCUT2D eigenvalue weighted by molar-refractivity contribution is 0.215. The van der Waals surface area contributed by atoms with Crippen molar-refractivity contribution >= 4 is 5.69 Å². The number of likely N-dealkylation sites (N-methyl/N-ethyl adjacent to an activating group) is 1. The summed E-state index contributed by atoms with van der Waals surface area (Å²) in [5.41, 5.74) is 2.83. The molecule has 2 heteroatoms. The zero-order chi connectivity index (χ0) is 12.3. The number of benzene rings is 1. The van der Waals surface area contributed by atoms with Gasteiger partial charge in [-0.25, -0.2) is 0 Å². The van der Waals surface area contributed by atoms with Crippen LogP contribution in [0.2, 0.25) is 0 Å². The van der Waals surface area contributed by atoms with Crippen molar-refractivity contribution in [2.24, 2.45) is 0 Å². The SMILES string of the molecule is CCN(CC1CCNc2ccccc21)C(C)C. The van der Waals surface area contributed by atoms with Gasteiger partial charge in [-0.3, -0.25) is 0 Å². The molecule has 0 spiro atoms. The zero-order valence-electron chi connectivity index (χ0n) is 11.2. The Hall–Kier alpha value is -1.02. The van der Waals surface area contributed by atoms with Crippen LogP contribution in [0, 0.1) is 0 Å². The standard InChI is InChI=1S/C15H24N2/c1-4-17(12(2)3)11-13-9-10-16-15-8-6-5-7-14(13)15/h5-8,12-13,16H,4,9-11H2,1-3H3. The monoisotopic (exact) mass is 232 g/mol. The first-order valence-electron chi connectivity index (χ1n) is 6.79. The lowest BCUT2D eigenvalue weighted by Crippen LogP contribution is -2.36. The Morgan fingerprint density at radius 1 is 1.35 bits per heavy atom. The van der Waals surface area contributed by atoms with Crippen molar-refractivity contribution in [3.63, 3.8) is 0 Å². The average Bonchev–Trinajstić information content (AvgIpc) is 2.35. The quantitative estimate of drug-likeness (QED) is 0.856. The summed E-state index contributed by atoms with van der Waals surface area (Å²) < 4.78 is 0. The van der Waals surface area contributed by atoms with Crippen LogP contribution >= 0.6 is 0 Å². The lowest BCUT2D eigenvalue weighted by atomic mass is 9.90. The second kappa shape index (κ2) is 5.54. The molecule has 1 N–H and O–H groups in total. The molecule has 0 aromatic heterocycles. The van der Waals surface area contributed by atoms with E-state index in [1.165, 1.54) is 24.2 Å². The smallest absolute Gasteiger partial charge is 0.0376 e. The van der Waals surface area contributed by atoms with Gasteiger partial charge in [0.2, 0.25) is 0 Å². The number of nitrogens with one attached hydrogen (secondary N) is 1. The lowest BCUT2D eigenvalue weighted by Gasteiger charge is -2.33. The van der Waals surface area contributed by atoms with Crippen molar-refractivity contribution in [3.05, 3.63) is 29.8 Å². The van der Waals surface area contributed by atoms with Gasteiger partial charge in [0, 0.05) is 30.7 Å². The zero-order valence-corrected chi connectivity index (χ0v) is 11.2. The average molecular weight is 232 g/mol. The highest BCUT2D eigenvalue weighted by molar-refractivity contribution is 5.54. The van der Waals surface area contributed by atoms with Gasteiger partial charge in [0.15, 0.2) is 0 Å². The highest BCUT2D eigenvalue weighted by atomic mass is 15.1. The summed E-state index contributed by atoms with van der Waals surface area (Å²) in [7, 11) is 0. The molecule has 0 amide bonds. The van der Waals surface area contributed by atoms with E-state index in [0.717, 1.165) is 13.1 Å². The van der Waals surface area contributed by atoms with Crippen LogP contribution in [-0.2, 0) is 0 Å². The number of para-hydroxylation sites is 1. The third-order valence-electron chi connectivity index (χ3n) is 3.80. The van der Waals surface area contributed by atoms with Crippen LogP contribution < -0.4 is 5.32 Å². The molecule has 1 atom stereocenters. The molecule has 1 aliphatic rings. The maximum absolute atomic E-state index is 3.49. The van der Waals surface area contributed by atoms with Crippen LogP contribution in [-0.4, -0.2) is 30.6 Å². The number of rotatable bonds is 4. The number of hydrogen-bond donors (Lipinski definition) is 1. The highest BCUT2D eigenvalue weighted by Gasteiger charge is 2.22. The first-order valence-corrected chi connectivity index (χ1v) is 6.79. The van der Waals surface area contributed by atoms with Gasteiger partial charge >= 0.3 is 0 Å². The van der Waals surface area contributed by atoms with Crippen LogP contribution in [0.4, 0.5) is 5.69 Å². The van der Waals surface area contributed by atoms with Crippen LogP contribution in [0.5, 0.6) is 0 Å². The molecule has 0 saturated heterocycles. The maximum Gasteiger partial charge on any atom is 0.0376 e. The summed E-state index contributed by atoms with van der Waals surface area (Å²) in [6, 6.07) is 9.40. The Morgan fingerprint density at radius 2 is 2.12 bits per heavy atom. The molecular weight excluding hydrogens is 208 g/mol. The van der Waals surface area contributed by atoms with Crippen molar-refractivity contribution in [1.82, 2.24) is 4.90 Å². The largest absolute Gasteiger partial charge is 0.385 e. The van der Waals surface area contributed by atoms with E-state index in [9.17, 15) is 0 Å². The maximum atomic E-state index is 3.49. The van der Waals surface area contributed by atoms with E-state index in [-0.39, 0.29) is 0 Å². The van der Waals surface area contributed by atoms with Crippen LogP contribution in [0.15, 0.2) is 24.3 Å². The topological polar surface area (TPSA) is 15.3 Å². The molecule has 2 rings (SSSR count). The first kappa shape index (κ1) is 12.4. The minimum Gasteiger partial charge on any atom is -0.385 e. The molecule has 1 aliphatic heterocycles. The Morgan fingerprint density at radius 3 is 2.82 bits per heavy atom. The molecule has 17 heavy (non-hydrogen) atoms. The number of anilines is 1. The van der Waals surface area contributed by atoms with Gasteiger partial charge in [-0.05, 0) is 38.4 Å². The van der Waals surface area contributed by atoms with E-state index in [1.807, 2.05) is 0 Å². The molecule has 0 saturated carbocycles. The molecule has 0 aliphatic carbocycles. The third kappa shape index (κ3) is 2.81. The minimum absolute atomic E-state index is 0.641. The van der Waals surface area contributed by atoms with Gasteiger partial charge < -0.3 is 10.2 Å². The Kier molecular flexibility index (Phi) is 4.06. The van der Waals surface area contributed by atoms with E-state index in [1.54, 1.807) is 0 Å². The van der Waals surface area contributed by atoms with Gasteiger partial charge in [0.1, 0.15) is 0 Å². The summed E-state index contributed by atoms with van der Waals surface area (Å²) in [5.74, 6) is 0.690. The second-order valence-corrected chi connectivity index (χ2v) is 5.18. The fourth-order valence-corrected chi connectivity index (χ4v) is 2.73. The van der Waals surface area contributed by atoms with E-state index in [2.05, 4.69) is 55.3 Å². The van der Waals surface area contributed by atoms with E-state index < -0.39 is 0 Å². The second-order valence-electron chi connectivity index (χ2n) is 5.18. The van der Waals surface area contributed by atoms with Gasteiger partial charge in [-0.2, -0.15) is 0 Å². The fraction of sp³-hybridized carbons (Fsp3) is 0.600. The third-order valence-corrected chi connectivity index (χ3v) is 3.80. The Bertz CT molecular complexity index is 360. The Labute approximate surface area is 105 Å². The van der Waals surface area contributed by atoms with Crippen molar-refractivity contribution in [1.29, 1.82) is 0 Å². The summed E-state index contributed by atoms with van der Waals surface area (Å²) in [5, 5.41) is 3.49. The normalized spacial score (nSPS) is 19.2. The molecule has 2 nitrogen and oxygen atoms in total. The molecule has 1 heterocycles. The predicted molar refractivity (Wildman–Crippen MR) is 74.7 cm³/mol. The van der Waals surface area contributed by atoms with E-state index >= 15 is 0 Å². The molecule has 0 fully saturated rings. The van der Waals surface area contributed by atoms with E-state index in [4.69, 9.17) is 0 Å². The van der Waals surface area contributed by atoms with E-state index in [0.29, 0.717) is 12.0 Å². The first-order chi connectivity index (χ1) is 8.22. The van der Waals surface area contributed by atoms with Crippen LogP contribution in [0.25, 0.3) is 0 Å². The van der Waals surface area contributed by atoms with Gasteiger partial charge in [0.25, 0.3) is 0 Å². The fourth-order valence-electron chi connectivity index (χ4n) is 2.73. The molecule has 1 aromatic carbocycles. The van der Waals surface area contributed by atoms with Gasteiger partial charge in [-0.15, -0.1) is 0 Å². The summed E-state index contributed by atoms with van der Waals surface area (Å²) in [6.07, 6.45) is 1.25. The molecule has 94 valence electrons. The highest BCUT2D eigenvalue weighted by Crippen LogP contribution is 2.32. The molecule has 1 unspecified atom stereocenters. The molecule has 0 bridgehead atoms. The van der Waals surface area contributed by atoms with Crippen molar-refractivity contribution in [2.45, 2.75) is 39.2 Å². The molecule has 0 radical (unpaired) electrons. The summed E-state index contributed by atoms with van der Waals surface area (Å²) >= 11 is 0. The van der Waals surface area contributed by atoms with Crippen molar-refractivity contribution < 1.29 is 0 Å². The van der Waals surface area contributed by atoms with Crippen molar-refractivity contribution in [2.75, 3.05) is 25.0 Å². The predicted octanol–water partition coefficient (Wildman–Crippen LogP) is 3.32. The summed E-state index contributed by atoms with van der Waals surface area (Å²) in [4.78, 5) is 2.56. The summed E-state index contributed by atoms with van der Waals surface area (Å²) in [6.45, 7) is 10.3. The van der Waals surface area contributed by atoms with Gasteiger partial charge in [0.05, 0.1) is 0 Å². The number of nitrogens with zero attached hydrogens (tertiary/aromatic N) is 1. The molecule has 1 aromatic rings. The van der Waals surface area contributed by atoms with Crippen molar-refractivity contribution in [3.8, 4) is 0 Å². The number of fused-ring (bicyclic) bond motifs is 1. The van der Waals surface area contributed by atoms with Gasteiger partial charge in [-0.1, -0.05) is 25.1 Å². The van der Waals surface area contributed by atoms with Crippen LogP contribution in [0.3, 0.4) is 0 Å². The number of hydrogen-bond acceptors (Lipinski definition) is 2. The Balaban J connectivity index is 2.13. The molecular formula is C15H24N2. The minimum atomic E-state index is 0.641. The van der Waals surface area contributed by atoms with Crippen LogP contribution in [0.1, 0.15) is 38.7 Å².